The standard InChI is InChI=1S/C14H11BrFN5/c1-8-2-3-11(16)7-13(8)21-14(18-19-20-21)9-4-10(15)6-12(17)5-9/h2-7H,17H2,1H3. The van der Waals surface area contributed by atoms with Crippen LogP contribution in [0.2, 0.25) is 0 Å². The van der Waals surface area contributed by atoms with Crippen LogP contribution in [-0.4, -0.2) is 20.2 Å². The third-order valence-electron chi connectivity index (χ3n) is 3.05. The lowest BCUT2D eigenvalue weighted by Gasteiger charge is -2.08. The number of nitrogen functional groups attached to an aromatic ring is 1. The maximum atomic E-state index is 13.5. The van der Waals surface area contributed by atoms with Gasteiger partial charge in [-0.25, -0.2) is 4.39 Å². The molecule has 106 valence electrons. The van der Waals surface area contributed by atoms with Gasteiger partial charge in [-0.3, -0.25) is 0 Å². The van der Waals surface area contributed by atoms with Gasteiger partial charge in [0.25, 0.3) is 0 Å². The minimum Gasteiger partial charge on any atom is -0.399 e. The fourth-order valence-corrected chi connectivity index (χ4v) is 2.59. The lowest BCUT2D eigenvalue weighted by Crippen LogP contribution is -2.03. The Kier molecular flexibility index (Phi) is 3.42. The van der Waals surface area contributed by atoms with Crippen LogP contribution in [0.15, 0.2) is 40.9 Å². The number of tetrazole rings is 1. The SMILES string of the molecule is Cc1ccc(F)cc1-n1nnnc1-c1cc(N)cc(Br)c1. The van der Waals surface area contributed by atoms with Gasteiger partial charge in [-0.05, 0) is 53.2 Å². The molecule has 0 unspecified atom stereocenters. The van der Waals surface area contributed by atoms with E-state index in [1.54, 1.807) is 18.2 Å². The van der Waals surface area contributed by atoms with Crippen LogP contribution in [0.4, 0.5) is 10.1 Å². The van der Waals surface area contributed by atoms with Gasteiger partial charge in [0.2, 0.25) is 0 Å². The number of hydrogen-bond acceptors (Lipinski definition) is 4. The normalized spacial score (nSPS) is 10.8. The average Bonchev–Trinajstić information content (AvgIpc) is 2.89. The molecular formula is C14H11BrFN5. The number of aryl methyl sites for hydroxylation is 1. The van der Waals surface area contributed by atoms with E-state index in [0.717, 1.165) is 15.6 Å². The number of rotatable bonds is 2. The molecule has 3 rings (SSSR count). The topological polar surface area (TPSA) is 69.6 Å². The van der Waals surface area contributed by atoms with E-state index >= 15 is 0 Å². The number of benzene rings is 2. The molecule has 0 fully saturated rings. The molecule has 1 aromatic heterocycles. The van der Waals surface area contributed by atoms with Crippen LogP contribution in [0.1, 0.15) is 5.56 Å². The van der Waals surface area contributed by atoms with E-state index < -0.39 is 0 Å². The van der Waals surface area contributed by atoms with Crippen molar-refractivity contribution in [3.05, 3.63) is 52.3 Å². The van der Waals surface area contributed by atoms with E-state index in [1.807, 2.05) is 13.0 Å². The lowest BCUT2D eigenvalue weighted by atomic mass is 10.1. The Morgan fingerprint density at radius 1 is 1.19 bits per heavy atom. The van der Waals surface area contributed by atoms with Crippen LogP contribution < -0.4 is 5.73 Å². The summed E-state index contributed by atoms with van der Waals surface area (Å²) in [6.07, 6.45) is 0. The first kappa shape index (κ1) is 13.7. The van der Waals surface area contributed by atoms with Crippen molar-refractivity contribution in [2.75, 3.05) is 5.73 Å². The van der Waals surface area contributed by atoms with Crippen molar-refractivity contribution in [2.24, 2.45) is 0 Å². The minimum atomic E-state index is -0.342. The summed E-state index contributed by atoms with van der Waals surface area (Å²) < 4.78 is 15.8. The third-order valence-corrected chi connectivity index (χ3v) is 3.51. The Balaban J connectivity index is 2.19. The number of hydrogen-bond donors (Lipinski definition) is 1. The van der Waals surface area contributed by atoms with Crippen LogP contribution in [0, 0.1) is 12.7 Å². The second kappa shape index (κ2) is 5.25. The van der Waals surface area contributed by atoms with Crippen LogP contribution in [0.25, 0.3) is 17.1 Å². The third kappa shape index (κ3) is 2.64. The zero-order valence-corrected chi connectivity index (χ0v) is 12.7. The van der Waals surface area contributed by atoms with Crippen molar-refractivity contribution in [1.82, 2.24) is 20.2 Å². The summed E-state index contributed by atoms with van der Waals surface area (Å²) in [5.41, 5.74) is 8.63. The van der Waals surface area contributed by atoms with Crippen molar-refractivity contribution in [1.29, 1.82) is 0 Å². The zero-order chi connectivity index (χ0) is 15.0. The fraction of sp³-hybridized carbons (Fsp3) is 0.0714. The molecule has 0 aliphatic heterocycles. The predicted molar refractivity (Wildman–Crippen MR) is 81.4 cm³/mol. The van der Waals surface area contributed by atoms with Crippen molar-refractivity contribution in [3.63, 3.8) is 0 Å². The highest BCUT2D eigenvalue weighted by Crippen LogP contribution is 2.27. The molecule has 0 saturated heterocycles. The quantitative estimate of drug-likeness (QED) is 0.723. The zero-order valence-electron chi connectivity index (χ0n) is 11.1. The monoisotopic (exact) mass is 347 g/mol. The Hall–Kier alpha value is -2.28. The van der Waals surface area contributed by atoms with E-state index in [4.69, 9.17) is 5.73 Å². The van der Waals surface area contributed by atoms with Crippen molar-refractivity contribution < 1.29 is 4.39 Å². The Morgan fingerprint density at radius 2 is 2.00 bits per heavy atom. The molecule has 0 bridgehead atoms. The van der Waals surface area contributed by atoms with E-state index in [2.05, 4.69) is 31.5 Å². The highest BCUT2D eigenvalue weighted by atomic mass is 79.9. The maximum absolute atomic E-state index is 13.5. The summed E-state index contributed by atoms with van der Waals surface area (Å²) in [5, 5.41) is 11.7. The molecule has 2 aromatic carbocycles. The number of nitrogens with zero attached hydrogens (tertiary/aromatic N) is 4. The second-order valence-corrected chi connectivity index (χ2v) is 5.53. The van der Waals surface area contributed by atoms with Crippen LogP contribution in [-0.2, 0) is 0 Å². The molecular weight excluding hydrogens is 337 g/mol. The first-order valence-corrected chi connectivity index (χ1v) is 6.95. The van der Waals surface area contributed by atoms with Gasteiger partial charge in [0.1, 0.15) is 5.82 Å². The first-order chi connectivity index (χ1) is 10.0. The summed E-state index contributed by atoms with van der Waals surface area (Å²) >= 11 is 3.39. The molecule has 2 N–H and O–H groups in total. The van der Waals surface area contributed by atoms with E-state index in [9.17, 15) is 4.39 Å². The molecule has 0 atom stereocenters. The maximum Gasteiger partial charge on any atom is 0.187 e. The van der Waals surface area contributed by atoms with Gasteiger partial charge in [-0.2, -0.15) is 4.68 Å². The number of nitrogens with two attached hydrogens (primary N) is 1. The van der Waals surface area contributed by atoms with Gasteiger partial charge in [0, 0.05) is 15.7 Å². The highest BCUT2D eigenvalue weighted by Gasteiger charge is 2.14. The molecule has 21 heavy (non-hydrogen) atoms. The van der Waals surface area contributed by atoms with Crippen molar-refractivity contribution >= 4 is 21.6 Å². The summed E-state index contributed by atoms with van der Waals surface area (Å²) in [6.45, 7) is 1.87. The molecule has 0 saturated carbocycles. The molecule has 0 spiro atoms. The van der Waals surface area contributed by atoms with Crippen molar-refractivity contribution in [3.8, 4) is 17.1 Å². The summed E-state index contributed by atoms with van der Waals surface area (Å²) in [4.78, 5) is 0. The van der Waals surface area contributed by atoms with Crippen molar-refractivity contribution in [2.45, 2.75) is 6.92 Å². The average molecular weight is 348 g/mol. The fourth-order valence-electron chi connectivity index (χ4n) is 2.08. The van der Waals surface area contributed by atoms with Crippen LogP contribution in [0.3, 0.4) is 0 Å². The molecule has 1 heterocycles. The molecule has 0 amide bonds. The molecule has 3 aromatic rings. The Labute approximate surface area is 128 Å². The van der Waals surface area contributed by atoms with Gasteiger partial charge in [-0.1, -0.05) is 22.0 Å². The van der Waals surface area contributed by atoms with Gasteiger partial charge in [0.15, 0.2) is 5.82 Å². The number of aromatic nitrogens is 4. The van der Waals surface area contributed by atoms with E-state index in [1.165, 1.54) is 16.8 Å². The summed E-state index contributed by atoms with van der Waals surface area (Å²) in [7, 11) is 0. The molecule has 0 radical (unpaired) electrons. The van der Waals surface area contributed by atoms with Crippen LogP contribution in [0.5, 0.6) is 0 Å². The molecule has 5 nitrogen and oxygen atoms in total. The predicted octanol–water partition coefficient (Wildman–Crippen LogP) is 3.12. The van der Waals surface area contributed by atoms with Crippen LogP contribution >= 0.6 is 15.9 Å². The largest absolute Gasteiger partial charge is 0.399 e. The number of anilines is 1. The molecule has 7 heteroatoms. The van der Waals surface area contributed by atoms with Gasteiger partial charge < -0.3 is 5.73 Å². The second-order valence-electron chi connectivity index (χ2n) is 4.62. The first-order valence-electron chi connectivity index (χ1n) is 6.16. The van der Waals surface area contributed by atoms with Gasteiger partial charge >= 0.3 is 0 Å². The minimum absolute atomic E-state index is 0.342. The Bertz CT molecular complexity index is 795. The summed E-state index contributed by atoms with van der Waals surface area (Å²) in [6, 6.07) is 9.89. The van der Waals surface area contributed by atoms with Gasteiger partial charge in [0.05, 0.1) is 5.69 Å². The van der Waals surface area contributed by atoms with Gasteiger partial charge in [-0.15, -0.1) is 5.10 Å². The van der Waals surface area contributed by atoms with E-state index in [-0.39, 0.29) is 5.82 Å². The highest BCUT2D eigenvalue weighted by molar-refractivity contribution is 9.10. The molecule has 0 aliphatic carbocycles. The van der Waals surface area contributed by atoms with E-state index in [0.29, 0.717) is 17.2 Å². The lowest BCUT2D eigenvalue weighted by molar-refractivity contribution is 0.624. The molecule has 0 aliphatic rings. The summed E-state index contributed by atoms with van der Waals surface area (Å²) in [5.74, 6) is 0.155. The Morgan fingerprint density at radius 3 is 2.76 bits per heavy atom. The smallest absolute Gasteiger partial charge is 0.187 e. The number of halogens is 2.